The third-order valence-electron chi connectivity index (χ3n) is 5.31. The molecule has 7 heteroatoms. The number of nitrogens with zero attached hydrogens (tertiary/aromatic N) is 1. The maximum absolute atomic E-state index is 12.6. The lowest BCUT2D eigenvalue weighted by Crippen LogP contribution is -2.41. The molecule has 40 heavy (non-hydrogen) atoms. The lowest BCUT2D eigenvalue weighted by atomic mass is 9.97. The second-order valence-electron chi connectivity index (χ2n) is 9.32. The second kappa shape index (κ2) is 24.7. The van der Waals surface area contributed by atoms with Gasteiger partial charge in [-0.1, -0.05) is 104 Å². The van der Waals surface area contributed by atoms with Gasteiger partial charge in [0.15, 0.2) is 0 Å². The lowest BCUT2D eigenvalue weighted by molar-refractivity contribution is -0.134. The molecule has 1 atom stereocenters. The van der Waals surface area contributed by atoms with Gasteiger partial charge < -0.3 is 20.7 Å². The van der Waals surface area contributed by atoms with Gasteiger partial charge >= 0.3 is 0 Å². The van der Waals surface area contributed by atoms with Crippen LogP contribution in [0.1, 0.15) is 92.6 Å². The van der Waals surface area contributed by atoms with Crippen molar-refractivity contribution in [3.63, 3.8) is 0 Å². The zero-order valence-electron chi connectivity index (χ0n) is 26.5. The van der Waals surface area contributed by atoms with Gasteiger partial charge in [-0.25, -0.2) is 0 Å². The summed E-state index contributed by atoms with van der Waals surface area (Å²) in [6.07, 6.45) is 4.81. The fourth-order valence-corrected chi connectivity index (χ4v) is 3.48. The zero-order chi connectivity index (χ0) is 30.9. The number of amides is 3. The Morgan fingerprint density at radius 3 is 2.00 bits per heavy atom. The zero-order valence-corrected chi connectivity index (χ0v) is 26.5. The summed E-state index contributed by atoms with van der Waals surface area (Å²) in [5.41, 5.74) is 8.29. The Balaban J connectivity index is 0. The van der Waals surface area contributed by atoms with Crippen molar-refractivity contribution in [1.29, 1.82) is 0 Å². The first-order chi connectivity index (χ1) is 19.2. The topological polar surface area (TPSA) is 102 Å². The van der Waals surface area contributed by atoms with Crippen molar-refractivity contribution >= 4 is 17.7 Å². The van der Waals surface area contributed by atoms with Crippen molar-refractivity contribution in [1.82, 2.24) is 10.2 Å². The van der Waals surface area contributed by atoms with E-state index in [9.17, 15) is 14.4 Å². The van der Waals surface area contributed by atoms with Crippen LogP contribution in [0.2, 0.25) is 0 Å². The van der Waals surface area contributed by atoms with E-state index in [1.54, 1.807) is 19.1 Å². The van der Waals surface area contributed by atoms with Crippen LogP contribution in [-0.4, -0.2) is 43.3 Å². The van der Waals surface area contributed by atoms with E-state index in [1.165, 1.54) is 12.8 Å². The normalized spacial score (nSPS) is 10.2. The molecule has 0 saturated carbocycles. The number of methoxy groups -OCH3 is 1. The Kier molecular flexibility index (Phi) is 23.9. The molecule has 0 aromatic heterocycles. The van der Waals surface area contributed by atoms with Gasteiger partial charge in [0.2, 0.25) is 17.7 Å². The molecule has 0 aliphatic carbocycles. The lowest BCUT2D eigenvalue weighted by Gasteiger charge is -2.20. The molecule has 0 radical (unpaired) electrons. The molecule has 2 rings (SSSR count). The Bertz CT molecular complexity index is 960. The summed E-state index contributed by atoms with van der Waals surface area (Å²) in [4.78, 5) is 37.8. The van der Waals surface area contributed by atoms with Crippen LogP contribution in [0, 0.1) is 5.92 Å². The van der Waals surface area contributed by atoms with Gasteiger partial charge in [0.05, 0.1) is 13.7 Å². The molecule has 0 fully saturated rings. The van der Waals surface area contributed by atoms with Crippen LogP contribution in [0.15, 0.2) is 48.5 Å². The molecule has 226 valence electrons. The van der Waals surface area contributed by atoms with Gasteiger partial charge in [-0.3, -0.25) is 14.4 Å². The monoisotopic (exact) mass is 557 g/mol. The Hall–Kier alpha value is -3.35. The summed E-state index contributed by atoms with van der Waals surface area (Å²) >= 11 is 0. The number of ether oxygens (including phenoxy) is 1. The maximum atomic E-state index is 12.6. The number of primary amides is 1. The van der Waals surface area contributed by atoms with E-state index in [2.05, 4.69) is 33.0 Å². The molecule has 3 amide bonds. The molecule has 1 unspecified atom stereocenters. The van der Waals surface area contributed by atoms with E-state index in [0.29, 0.717) is 13.0 Å². The van der Waals surface area contributed by atoms with Gasteiger partial charge in [-0.05, 0) is 41.3 Å². The summed E-state index contributed by atoms with van der Waals surface area (Å²) in [7, 11) is 3.33. The van der Waals surface area contributed by atoms with Crippen LogP contribution in [-0.2, 0) is 20.9 Å². The first kappa shape index (κ1) is 38.8. The summed E-state index contributed by atoms with van der Waals surface area (Å²) < 4.78 is 5.30. The largest absolute Gasteiger partial charge is 0.497 e. The highest BCUT2D eigenvalue weighted by Crippen LogP contribution is 2.25. The van der Waals surface area contributed by atoms with Crippen molar-refractivity contribution in [2.24, 2.45) is 11.7 Å². The van der Waals surface area contributed by atoms with E-state index in [1.807, 2.05) is 69.3 Å². The van der Waals surface area contributed by atoms with E-state index < -0.39 is 11.8 Å². The Morgan fingerprint density at radius 1 is 0.925 bits per heavy atom. The predicted octanol–water partition coefficient (Wildman–Crippen LogP) is 6.98. The number of likely N-dealkylation sites (N-methyl/N-ethyl adjacent to an activating group) is 1. The molecule has 2 aromatic rings. The third kappa shape index (κ3) is 17.3. The summed E-state index contributed by atoms with van der Waals surface area (Å²) in [5.74, 6) is -0.743. The number of hydrogen-bond donors (Lipinski definition) is 2. The van der Waals surface area contributed by atoms with Crippen LogP contribution in [0.25, 0.3) is 11.1 Å². The number of benzene rings is 2. The van der Waals surface area contributed by atoms with Crippen LogP contribution >= 0.6 is 0 Å². The van der Waals surface area contributed by atoms with Crippen molar-refractivity contribution in [2.45, 2.75) is 93.5 Å². The molecule has 0 saturated heterocycles. The van der Waals surface area contributed by atoms with E-state index in [-0.39, 0.29) is 24.8 Å². The predicted molar refractivity (Wildman–Crippen MR) is 168 cm³/mol. The van der Waals surface area contributed by atoms with Crippen molar-refractivity contribution in [3.05, 3.63) is 54.1 Å². The minimum atomic E-state index is -0.513. The number of nitrogens with one attached hydrogen (secondary N) is 1. The highest BCUT2D eigenvalue weighted by atomic mass is 16.5. The molecule has 3 N–H and O–H groups in total. The second-order valence-corrected chi connectivity index (χ2v) is 9.32. The van der Waals surface area contributed by atoms with E-state index in [4.69, 9.17) is 10.5 Å². The number of hydrogen-bond acceptors (Lipinski definition) is 4. The molecule has 0 spiro atoms. The molecular formula is C33H55N3O4. The van der Waals surface area contributed by atoms with Crippen molar-refractivity contribution in [2.75, 3.05) is 20.7 Å². The number of nitrogens with two attached hydrogens (primary N) is 1. The van der Waals surface area contributed by atoms with Gasteiger partial charge in [0, 0.05) is 25.9 Å². The smallest absolute Gasteiger partial charge is 0.242 e. The third-order valence-corrected chi connectivity index (χ3v) is 5.31. The van der Waals surface area contributed by atoms with E-state index >= 15 is 0 Å². The number of unbranched alkanes of at least 4 members (excludes halogenated alkanes) is 1. The SMILES string of the molecule is CC.CCC.CCC.CCCCC(CC(N)=O)C(=O)NCC(=O)N(C)Cc1cccc(-c2cccc(OC)c2)c1. The van der Waals surface area contributed by atoms with E-state index in [0.717, 1.165) is 35.3 Å². The fraction of sp³-hybridized carbons (Fsp3) is 0.545. The minimum Gasteiger partial charge on any atom is -0.497 e. The number of carbonyl (C=O) groups is 3. The van der Waals surface area contributed by atoms with Gasteiger partial charge in [-0.15, -0.1) is 0 Å². The fourth-order valence-electron chi connectivity index (χ4n) is 3.48. The standard InChI is InChI=1S/C25H33N3O4.2C3H8.C2H6/c1-4-5-9-21(15-23(26)29)25(31)27-16-24(30)28(2)17-18-8-6-10-19(13-18)20-11-7-12-22(14-20)32-3;2*1-3-2;1-2/h6-8,10-14,21H,4-5,9,15-17H2,1-3H3,(H2,26,29)(H,27,31);2*3H2,1-2H3;1-2H3. The van der Waals surface area contributed by atoms with Gasteiger partial charge in [0.25, 0.3) is 0 Å². The highest BCUT2D eigenvalue weighted by molar-refractivity contribution is 5.88. The first-order valence-corrected chi connectivity index (χ1v) is 14.7. The molecular weight excluding hydrogens is 502 g/mol. The summed E-state index contributed by atoms with van der Waals surface area (Å²) in [6, 6.07) is 15.7. The quantitative estimate of drug-likeness (QED) is 0.294. The Labute approximate surface area is 243 Å². The number of rotatable bonds is 12. The first-order valence-electron chi connectivity index (χ1n) is 14.7. The maximum Gasteiger partial charge on any atom is 0.242 e. The van der Waals surface area contributed by atoms with Crippen LogP contribution < -0.4 is 15.8 Å². The van der Waals surface area contributed by atoms with Crippen LogP contribution in [0.5, 0.6) is 5.75 Å². The summed E-state index contributed by atoms with van der Waals surface area (Å²) in [6.45, 7) is 14.8. The number of carbonyl (C=O) groups excluding carboxylic acids is 3. The highest BCUT2D eigenvalue weighted by Gasteiger charge is 2.21. The minimum absolute atomic E-state index is 0.00702. The Morgan fingerprint density at radius 2 is 1.48 bits per heavy atom. The average Bonchev–Trinajstić information content (AvgIpc) is 2.95. The van der Waals surface area contributed by atoms with Gasteiger partial charge in [0.1, 0.15) is 5.75 Å². The van der Waals surface area contributed by atoms with Crippen molar-refractivity contribution < 1.29 is 19.1 Å². The van der Waals surface area contributed by atoms with Crippen LogP contribution in [0.3, 0.4) is 0 Å². The molecule has 0 heterocycles. The molecule has 0 bridgehead atoms. The average molecular weight is 558 g/mol. The molecule has 2 aromatic carbocycles. The molecule has 0 aliphatic heterocycles. The molecule has 0 aliphatic rings. The van der Waals surface area contributed by atoms with Crippen LogP contribution in [0.4, 0.5) is 0 Å². The molecule has 7 nitrogen and oxygen atoms in total. The van der Waals surface area contributed by atoms with Crippen molar-refractivity contribution in [3.8, 4) is 16.9 Å². The summed E-state index contributed by atoms with van der Waals surface area (Å²) in [5, 5.41) is 2.66. The van der Waals surface area contributed by atoms with Gasteiger partial charge in [-0.2, -0.15) is 0 Å².